The van der Waals surface area contributed by atoms with Crippen molar-refractivity contribution in [2.24, 2.45) is 7.05 Å². The molecule has 12 heteroatoms. The largest absolute Gasteiger partial charge is 0.348 e. The Morgan fingerprint density at radius 3 is 2.94 bits per heavy atom. The molecule has 4 aromatic rings. The highest BCUT2D eigenvalue weighted by molar-refractivity contribution is 7.88. The van der Waals surface area contributed by atoms with Crippen molar-refractivity contribution in [2.45, 2.75) is 18.9 Å². The number of aromatic nitrogens is 5. The van der Waals surface area contributed by atoms with Crippen LogP contribution < -0.4 is 5.32 Å². The monoisotopic (exact) mass is 487 g/mol. The van der Waals surface area contributed by atoms with Crippen LogP contribution in [0.4, 0.5) is 0 Å². The second kappa shape index (κ2) is 8.08. The number of fused-ring (bicyclic) bond motifs is 2. The Hall–Kier alpha value is -3.02. The molecule has 1 aliphatic rings. The number of nitrogens with zero attached hydrogens (tertiary/aromatic N) is 5. The summed E-state index contributed by atoms with van der Waals surface area (Å²) in [6.07, 6.45) is 5.76. The van der Waals surface area contributed by atoms with E-state index in [2.05, 4.69) is 25.4 Å². The van der Waals surface area contributed by atoms with E-state index in [1.165, 1.54) is 10.6 Å². The number of carbonyl (C=O) groups excluding carboxylic acids is 1. The van der Waals surface area contributed by atoms with Crippen LogP contribution in [0.15, 0.2) is 30.6 Å². The summed E-state index contributed by atoms with van der Waals surface area (Å²) >= 11 is 6.12. The average Bonchev–Trinajstić information content (AvgIpc) is 3.34. The maximum absolute atomic E-state index is 13.0. The van der Waals surface area contributed by atoms with Gasteiger partial charge in [-0.1, -0.05) is 11.6 Å². The number of aryl methyl sites for hydroxylation is 1. The zero-order chi connectivity index (χ0) is 23.3. The standard InChI is InChI=1S/C21H22ClN7O3S/c1-28-17-8-12(22)5-6-14(17)18(27-28)16-10-24-20-19(26-16)15(9-23-20)21(30)25-13-4-3-7-29(11-13)33(2,31)32/h5-6,8-10,13H,3-4,7,11H2,1-2H3,(H,23,24)(H,25,30). The second-order valence-electron chi connectivity index (χ2n) is 8.22. The van der Waals surface area contributed by atoms with E-state index < -0.39 is 10.0 Å². The molecular weight excluding hydrogens is 466 g/mol. The van der Waals surface area contributed by atoms with E-state index in [-0.39, 0.29) is 18.5 Å². The Morgan fingerprint density at radius 1 is 1.33 bits per heavy atom. The lowest BCUT2D eigenvalue weighted by Crippen LogP contribution is -2.49. The van der Waals surface area contributed by atoms with Gasteiger partial charge >= 0.3 is 0 Å². The number of hydrogen-bond donors (Lipinski definition) is 2. The van der Waals surface area contributed by atoms with Crippen LogP contribution in [0.1, 0.15) is 23.2 Å². The van der Waals surface area contributed by atoms with E-state index in [0.29, 0.717) is 52.5 Å². The van der Waals surface area contributed by atoms with Crippen LogP contribution in [0, 0.1) is 0 Å². The van der Waals surface area contributed by atoms with Gasteiger partial charge in [0.15, 0.2) is 5.65 Å². The molecule has 1 aromatic carbocycles. The third-order valence-corrected chi connectivity index (χ3v) is 7.37. The first-order chi connectivity index (χ1) is 15.7. The number of benzene rings is 1. The van der Waals surface area contributed by atoms with Crippen molar-refractivity contribution in [3.8, 4) is 11.4 Å². The number of hydrogen-bond acceptors (Lipinski definition) is 6. The fraction of sp³-hybridized carbons (Fsp3) is 0.333. The van der Waals surface area contributed by atoms with E-state index in [9.17, 15) is 13.2 Å². The van der Waals surface area contributed by atoms with Crippen LogP contribution in [0.25, 0.3) is 33.5 Å². The summed E-state index contributed by atoms with van der Waals surface area (Å²) < 4.78 is 26.9. The number of halogens is 1. The minimum absolute atomic E-state index is 0.256. The Labute approximate surface area is 195 Å². The Kier molecular flexibility index (Phi) is 5.34. The molecular formula is C21H22ClN7O3S. The van der Waals surface area contributed by atoms with Crippen molar-refractivity contribution in [1.82, 2.24) is 34.4 Å². The zero-order valence-corrected chi connectivity index (χ0v) is 19.6. The topological polar surface area (TPSA) is 126 Å². The first-order valence-corrected chi connectivity index (χ1v) is 12.7. The molecule has 1 aliphatic heterocycles. The lowest BCUT2D eigenvalue weighted by atomic mass is 10.1. The molecule has 1 amide bonds. The SMILES string of the molecule is Cn1nc(-c2cnc3[nH]cc(C(=O)NC4CCCN(S(C)(=O)=O)C4)c3n2)c2ccc(Cl)cc21. The third-order valence-electron chi connectivity index (χ3n) is 5.87. The molecule has 1 fully saturated rings. The van der Waals surface area contributed by atoms with Gasteiger partial charge in [0.25, 0.3) is 5.91 Å². The molecule has 4 heterocycles. The average molecular weight is 488 g/mol. The van der Waals surface area contributed by atoms with E-state index in [4.69, 9.17) is 11.6 Å². The van der Waals surface area contributed by atoms with Gasteiger partial charge in [-0.2, -0.15) is 5.10 Å². The summed E-state index contributed by atoms with van der Waals surface area (Å²) in [4.78, 5) is 25.1. The van der Waals surface area contributed by atoms with Gasteiger partial charge < -0.3 is 10.3 Å². The molecule has 33 heavy (non-hydrogen) atoms. The number of rotatable bonds is 4. The lowest BCUT2D eigenvalue weighted by molar-refractivity contribution is 0.0923. The van der Waals surface area contributed by atoms with Gasteiger partial charge in [0.2, 0.25) is 10.0 Å². The molecule has 0 bridgehead atoms. The highest BCUT2D eigenvalue weighted by atomic mass is 35.5. The van der Waals surface area contributed by atoms with Gasteiger partial charge in [-0.25, -0.2) is 22.7 Å². The molecule has 172 valence electrons. The molecule has 2 N–H and O–H groups in total. The van der Waals surface area contributed by atoms with Gasteiger partial charge in [-0.15, -0.1) is 0 Å². The summed E-state index contributed by atoms with van der Waals surface area (Å²) in [5.41, 5.74) is 3.28. The Morgan fingerprint density at radius 2 is 2.15 bits per heavy atom. The van der Waals surface area contributed by atoms with Gasteiger partial charge in [-0.05, 0) is 31.0 Å². The van der Waals surface area contributed by atoms with E-state index >= 15 is 0 Å². The molecule has 10 nitrogen and oxygen atoms in total. The second-order valence-corrected chi connectivity index (χ2v) is 10.6. The molecule has 3 aromatic heterocycles. The molecule has 1 unspecified atom stereocenters. The van der Waals surface area contributed by atoms with Crippen molar-refractivity contribution in [1.29, 1.82) is 0 Å². The predicted molar refractivity (Wildman–Crippen MR) is 126 cm³/mol. The quantitative estimate of drug-likeness (QED) is 0.455. The number of amides is 1. The number of piperidine rings is 1. The molecule has 5 rings (SSSR count). The first kappa shape index (κ1) is 21.8. The molecule has 1 saturated heterocycles. The molecule has 0 spiro atoms. The van der Waals surface area contributed by atoms with E-state index in [1.54, 1.807) is 23.1 Å². The Balaban J connectivity index is 1.46. The highest BCUT2D eigenvalue weighted by Crippen LogP contribution is 2.29. The summed E-state index contributed by atoms with van der Waals surface area (Å²) in [7, 11) is -1.48. The zero-order valence-electron chi connectivity index (χ0n) is 18.0. The van der Waals surface area contributed by atoms with Crippen LogP contribution in [0.5, 0.6) is 0 Å². The maximum atomic E-state index is 13.0. The van der Waals surface area contributed by atoms with Crippen LogP contribution in [-0.4, -0.2) is 68.7 Å². The van der Waals surface area contributed by atoms with Gasteiger partial charge in [0, 0.05) is 42.8 Å². The number of nitrogens with one attached hydrogen (secondary N) is 2. The fourth-order valence-corrected chi connectivity index (χ4v) is 5.30. The first-order valence-electron chi connectivity index (χ1n) is 10.4. The molecule has 0 radical (unpaired) electrons. The number of carbonyl (C=O) groups is 1. The minimum atomic E-state index is -3.30. The van der Waals surface area contributed by atoms with Crippen molar-refractivity contribution in [3.63, 3.8) is 0 Å². The van der Waals surface area contributed by atoms with Crippen molar-refractivity contribution in [3.05, 3.63) is 41.2 Å². The van der Waals surface area contributed by atoms with Gasteiger partial charge in [0.05, 0.1) is 23.5 Å². The molecule has 0 saturated carbocycles. The van der Waals surface area contributed by atoms with Crippen LogP contribution in [0.3, 0.4) is 0 Å². The highest BCUT2D eigenvalue weighted by Gasteiger charge is 2.28. The predicted octanol–water partition coefficient (Wildman–Crippen LogP) is 2.32. The summed E-state index contributed by atoms with van der Waals surface area (Å²) in [6, 6.07) is 5.23. The summed E-state index contributed by atoms with van der Waals surface area (Å²) in [6.45, 7) is 0.725. The van der Waals surface area contributed by atoms with Crippen LogP contribution >= 0.6 is 11.6 Å². The molecule has 1 atom stereocenters. The number of sulfonamides is 1. The maximum Gasteiger partial charge on any atom is 0.255 e. The minimum Gasteiger partial charge on any atom is -0.348 e. The van der Waals surface area contributed by atoms with Crippen molar-refractivity contribution >= 4 is 49.6 Å². The van der Waals surface area contributed by atoms with Crippen LogP contribution in [0.2, 0.25) is 5.02 Å². The number of H-pyrrole nitrogens is 1. The van der Waals surface area contributed by atoms with Crippen molar-refractivity contribution < 1.29 is 13.2 Å². The van der Waals surface area contributed by atoms with Crippen molar-refractivity contribution in [2.75, 3.05) is 19.3 Å². The summed E-state index contributed by atoms with van der Waals surface area (Å²) in [5.74, 6) is -0.328. The fourth-order valence-electron chi connectivity index (χ4n) is 4.22. The lowest BCUT2D eigenvalue weighted by Gasteiger charge is -2.31. The smallest absolute Gasteiger partial charge is 0.255 e. The number of aromatic amines is 1. The van der Waals surface area contributed by atoms with Crippen LogP contribution in [-0.2, 0) is 17.1 Å². The van der Waals surface area contributed by atoms with Gasteiger partial charge in [0.1, 0.15) is 16.9 Å². The normalized spacial score (nSPS) is 17.6. The van der Waals surface area contributed by atoms with Gasteiger partial charge in [-0.3, -0.25) is 9.48 Å². The third kappa shape index (κ3) is 4.07. The van der Waals surface area contributed by atoms with E-state index in [0.717, 1.165) is 10.9 Å². The Bertz CT molecular complexity index is 1490. The van der Waals surface area contributed by atoms with E-state index in [1.807, 2.05) is 19.2 Å². The molecule has 0 aliphatic carbocycles. The summed E-state index contributed by atoms with van der Waals surface area (Å²) in [5, 5.41) is 9.01.